The molecule has 0 heterocycles. The monoisotopic (exact) mass is 298 g/mol. The maximum absolute atomic E-state index is 10.9. The summed E-state index contributed by atoms with van der Waals surface area (Å²) in [5.74, 6) is 0.802. The average molecular weight is 298 g/mol. The number of rotatable bonds is 9. The summed E-state index contributed by atoms with van der Waals surface area (Å²) in [6.07, 6.45) is 0.565. The maximum Gasteiger partial charge on any atom is 0.208 e. The van der Waals surface area contributed by atoms with E-state index in [1.165, 1.54) is 5.56 Å². The van der Waals surface area contributed by atoms with Gasteiger partial charge in [-0.3, -0.25) is 9.69 Å². The maximum atomic E-state index is 10.9. The lowest BCUT2D eigenvalue weighted by atomic mass is 10.2. The van der Waals surface area contributed by atoms with Crippen LogP contribution in [0.5, 0.6) is 5.75 Å². The Bertz CT molecular complexity index is 546. The number of carbonyl (C=O) groups is 1. The third-order valence-electron chi connectivity index (χ3n) is 3.49. The summed E-state index contributed by atoms with van der Waals surface area (Å²) in [6, 6.07) is 19.8. The van der Waals surface area contributed by atoms with Gasteiger partial charge < -0.3 is 10.1 Å². The number of hydrogen-bond donors (Lipinski definition) is 1. The highest BCUT2D eigenvalue weighted by Crippen LogP contribution is 2.11. The lowest BCUT2D eigenvalue weighted by Gasteiger charge is -2.30. The molecule has 0 aliphatic carbocycles. The molecule has 0 fully saturated rings. The minimum atomic E-state index is -0.164. The van der Waals surface area contributed by atoms with E-state index in [2.05, 4.69) is 29.3 Å². The lowest BCUT2D eigenvalue weighted by molar-refractivity contribution is -0.111. The van der Waals surface area contributed by atoms with Crippen LogP contribution in [-0.4, -0.2) is 30.6 Å². The van der Waals surface area contributed by atoms with Crippen molar-refractivity contribution in [3.05, 3.63) is 66.2 Å². The van der Waals surface area contributed by atoms with Crippen molar-refractivity contribution in [1.29, 1.82) is 0 Å². The molecule has 4 nitrogen and oxygen atoms in total. The fraction of sp³-hybridized carbons (Fsp3) is 0.278. The van der Waals surface area contributed by atoms with Gasteiger partial charge in [-0.25, -0.2) is 0 Å². The molecule has 116 valence electrons. The van der Waals surface area contributed by atoms with Gasteiger partial charge in [-0.2, -0.15) is 0 Å². The number of carbonyl (C=O) groups excluding carboxylic acids is 1. The standard InChI is InChI=1S/C18H22N2O2/c1-2-20(13-16-9-5-3-6-10-16)18(19-15-21)14-22-17-11-7-4-8-12-17/h3-12,15,18H,2,13-14H2,1H3,(H,19,21). The number of amides is 1. The van der Waals surface area contributed by atoms with Crippen molar-refractivity contribution >= 4 is 6.41 Å². The molecule has 0 spiro atoms. The van der Waals surface area contributed by atoms with Crippen LogP contribution in [0, 0.1) is 0 Å². The minimum absolute atomic E-state index is 0.164. The van der Waals surface area contributed by atoms with Gasteiger partial charge in [0.25, 0.3) is 0 Å². The number of hydrogen-bond acceptors (Lipinski definition) is 3. The van der Waals surface area contributed by atoms with Gasteiger partial charge >= 0.3 is 0 Å². The molecule has 2 aromatic rings. The van der Waals surface area contributed by atoms with Gasteiger partial charge in [0.05, 0.1) is 0 Å². The van der Waals surface area contributed by atoms with Crippen LogP contribution in [0.15, 0.2) is 60.7 Å². The molecule has 2 rings (SSSR count). The first-order chi connectivity index (χ1) is 10.8. The van der Waals surface area contributed by atoms with E-state index in [1.807, 2.05) is 48.5 Å². The number of nitrogens with one attached hydrogen (secondary N) is 1. The molecular weight excluding hydrogens is 276 g/mol. The van der Waals surface area contributed by atoms with Crippen LogP contribution in [0.3, 0.4) is 0 Å². The van der Waals surface area contributed by atoms with E-state index in [0.717, 1.165) is 25.2 Å². The molecule has 22 heavy (non-hydrogen) atoms. The van der Waals surface area contributed by atoms with Gasteiger partial charge in [0.1, 0.15) is 18.5 Å². The van der Waals surface area contributed by atoms with E-state index < -0.39 is 0 Å². The Morgan fingerprint density at radius 3 is 2.32 bits per heavy atom. The molecule has 4 heteroatoms. The third kappa shape index (κ3) is 4.90. The summed E-state index contributed by atoms with van der Waals surface area (Å²) in [5, 5.41) is 2.84. The molecule has 1 unspecified atom stereocenters. The Labute approximate surface area is 131 Å². The highest BCUT2D eigenvalue weighted by molar-refractivity contribution is 5.46. The Morgan fingerprint density at radius 2 is 1.73 bits per heavy atom. The number of ether oxygens (including phenoxy) is 1. The lowest BCUT2D eigenvalue weighted by Crippen LogP contribution is -2.48. The van der Waals surface area contributed by atoms with Crippen molar-refractivity contribution in [2.45, 2.75) is 19.6 Å². The highest BCUT2D eigenvalue weighted by Gasteiger charge is 2.17. The third-order valence-corrected chi connectivity index (χ3v) is 3.49. The molecule has 2 aromatic carbocycles. The fourth-order valence-corrected chi connectivity index (χ4v) is 2.29. The van der Waals surface area contributed by atoms with E-state index in [0.29, 0.717) is 6.61 Å². The minimum Gasteiger partial charge on any atom is -0.490 e. The van der Waals surface area contributed by atoms with Crippen molar-refractivity contribution in [3.63, 3.8) is 0 Å². The van der Waals surface area contributed by atoms with E-state index in [4.69, 9.17) is 4.74 Å². The van der Waals surface area contributed by atoms with Crippen molar-refractivity contribution in [2.75, 3.05) is 13.2 Å². The number of nitrogens with zero attached hydrogens (tertiary/aromatic N) is 1. The van der Waals surface area contributed by atoms with Gasteiger partial charge in [-0.05, 0) is 24.2 Å². The summed E-state index contributed by atoms with van der Waals surface area (Å²) in [4.78, 5) is 13.1. The zero-order valence-electron chi connectivity index (χ0n) is 12.8. The van der Waals surface area contributed by atoms with E-state index in [9.17, 15) is 4.79 Å². The smallest absolute Gasteiger partial charge is 0.208 e. The van der Waals surface area contributed by atoms with Crippen molar-refractivity contribution in [3.8, 4) is 5.75 Å². The molecular formula is C18H22N2O2. The van der Waals surface area contributed by atoms with Crippen LogP contribution in [0.25, 0.3) is 0 Å². The van der Waals surface area contributed by atoms with Crippen LogP contribution in [-0.2, 0) is 11.3 Å². The second-order valence-corrected chi connectivity index (χ2v) is 4.97. The largest absolute Gasteiger partial charge is 0.490 e. The molecule has 0 aromatic heterocycles. The number of likely N-dealkylation sites (N-methyl/N-ethyl adjacent to an activating group) is 1. The fourth-order valence-electron chi connectivity index (χ4n) is 2.29. The molecule has 0 bridgehead atoms. The van der Waals surface area contributed by atoms with Crippen molar-refractivity contribution in [2.24, 2.45) is 0 Å². The Balaban J connectivity index is 1.99. The molecule has 1 amide bonds. The zero-order valence-corrected chi connectivity index (χ0v) is 12.8. The normalized spacial score (nSPS) is 11.9. The number of para-hydroxylation sites is 1. The summed E-state index contributed by atoms with van der Waals surface area (Å²) in [6.45, 7) is 4.06. The quantitative estimate of drug-likeness (QED) is 0.571. The van der Waals surface area contributed by atoms with Crippen molar-refractivity contribution < 1.29 is 9.53 Å². The highest BCUT2D eigenvalue weighted by atomic mass is 16.5. The molecule has 0 saturated carbocycles. The van der Waals surface area contributed by atoms with E-state index >= 15 is 0 Å². The molecule has 1 N–H and O–H groups in total. The molecule has 0 aliphatic rings. The molecule has 1 atom stereocenters. The molecule has 0 radical (unpaired) electrons. The summed E-state index contributed by atoms with van der Waals surface area (Å²) >= 11 is 0. The first-order valence-electron chi connectivity index (χ1n) is 7.49. The number of benzene rings is 2. The van der Waals surface area contributed by atoms with Crippen LogP contribution in [0.2, 0.25) is 0 Å². The van der Waals surface area contributed by atoms with Gasteiger partial charge in [0, 0.05) is 6.54 Å². The van der Waals surface area contributed by atoms with Crippen LogP contribution in [0.4, 0.5) is 0 Å². The second-order valence-electron chi connectivity index (χ2n) is 4.97. The Morgan fingerprint density at radius 1 is 1.09 bits per heavy atom. The molecule has 0 aliphatic heterocycles. The Hall–Kier alpha value is -2.33. The Kier molecular flexibility index (Phi) is 6.45. The predicted molar refractivity (Wildman–Crippen MR) is 87.5 cm³/mol. The van der Waals surface area contributed by atoms with Crippen molar-refractivity contribution in [1.82, 2.24) is 10.2 Å². The summed E-state index contributed by atoms with van der Waals surface area (Å²) < 4.78 is 5.78. The van der Waals surface area contributed by atoms with Gasteiger partial charge in [-0.1, -0.05) is 55.5 Å². The van der Waals surface area contributed by atoms with Gasteiger partial charge in [0.2, 0.25) is 6.41 Å². The van der Waals surface area contributed by atoms with Crippen LogP contribution in [0.1, 0.15) is 12.5 Å². The SMILES string of the molecule is CCN(Cc1ccccc1)C(COc1ccccc1)NC=O. The van der Waals surface area contributed by atoms with Crippen LogP contribution >= 0.6 is 0 Å². The first kappa shape index (κ1) is 16.0. The topological polar surface area (TPSA) is 41.6 Å². The van der Waals surface area contributed by atoms with Crippen LogP contribution < -0.4 is 10.1 Å². The van der Waals surface area contributed by atoms with Gasteiger partial charge in [0.15, 0.2) is 0 Å². The van der Waals surface area contributed by atoms with E-state index in [1.54, 1.807) is 0 Å². The predicted octanol–water partition coefficient (Wildman–Crippen LogP) is 2.66. The average Bonchev–Trinajstić information content (AvgIpc) is 2.58. The van der Waals surface area contributed by atoms with Gasteiger partial charge in [-0.15, -0.1) is 0 Å². The van der Waals surface area contributed by atoms with E-state index in [-0.39, 0.29) is 6.17 Å². The summed E-state index contributed by atoms with van der Waals surface area (Å²) in [5.41, 5.74) is 1.21. The molecule has 0 saturated heterocycles. The first-order valence-corrected chi connectivity index (χ1v) is 7.49. The second kappa shape index (κ2) is 8.85. The summed E-state index contributed by atoms with van der Waals surface area (Å²) in [7, 11) is 0. The zero-order chi connectivity index (χ0) is 15.6.